The van der Waals surface area contributed by atoms with Crippen LogP contribution in [0.1, 0.15) is 10.7 Å². The summed E-state index contributed by atoms with van der Waals surface area (Å²) in [5.74, 6) is 0.0315. The minimum Gasteiger partial charge on any atom is -0.385 e. The molecule has 0 saturated carbocycles. The molecular formula is C13H16N2O2S2. The molecule has 1 N–H and O–H groups in total. The van der Waals surface area contributed by atoms with E-state index in [9.17, 15) is 8.42 Å². The van der Waals surface area contributed by atoms with E-state index in [1.54, 1.807) is 0 Å². The third-order valence-electron chi connectivity index (χ3n) is 2.47. The molecule has 0 radical (unpaired) electrons. The van der Waals surface area contributed by atoms with Crippen molar-refractivity contribution in [3.05, 3.63) is 46.4 Å². The van der Waals surface area contributed by atoms with Gasteiger partial charge in [-0.3, -0.25) is 0 Å². The number of thiazole rings is 1. The quantitative estimate of drug-likeness (QED) is 0.889. The van der Waals surface area contributed by atoms with Gasteiger partial charge in [0.05, 0.1) is 5.69 Å². The Hall–Kier alpha value is -1.40. The molecule has 4 nitrogen and oxygen atoms in total. The number of para-hydroxylation sites is 1. The van der Waals surface area contributed by atoms with Crippen molar-refractivity contribution in [2.24, 2.45) is 0 Å². The van der Waals surface area contributed by atoms with Crippen LogP contribution in [-0.2, 0) is 22.0 Å². The lowest BCUT2D eigenvalue weighted by atomic mass is 10.3. The lowest BCUT2D eigenvalue weighted by Gasteiger charge is -2.03. The van der Waals surface area contributed by atoms with Gasteiger partial charge in [0, 0.05) is 30.3 Å². The number of hydrogen-bond acceptors (Lipinski definition) is 5. The van der Waals surface area contributed by atoms with Gasteiger partial charge < -0.3 is 5.32 Å². The Kier molecular flexibility index (Phi) is 4.55. The highest BCUT2D eigenvalue weighted by Crippen LogP contribution is 2.13. The summed E-state index contributed by atoms with van der Waals surface area (Å²) in [5.41, 5.74) is 2.01. The minimum atomic E-state index is -3.00. The fourth-order valence-corrected chi connectivity index (χ4v) is 3.69. The number of nitrogens with one attached hydrogen (secondary N) is 1. The van der Waals surface area contributed by atoms with E-state index in [2.05, 4.69) is 10.3 Å². The molecule has 0 amide bonds. The molecule has 19 heavy (non-hydrogen) atoms. The van der Waals surface area contributed by atoms with Crippen LogP contribution in [-0.4, -0.2) is 26.2 Å². The topological polar surface area (TPSA) is 59.1 Å². The maximum atomic E-state index is 11.2. The zero-order chi connectivity index (χ0) is 13.7. The third kappa shape index (κ3) is 5.00. The second-order valence-corrected chi connectivity index (χ2v) is 7.43. The smallest absolute Gasteiger partial charge is 0.153 e. The first kappa shape index (κ1) is 14.0. The average molecular weight is 296 g/mol. The SMILES string of the molecule is CS(=O)(=O)Cc1nc(CCNc2ccccc2)cs1. The molecular weight excluding hydrogens is 280 g/mol. The van der Waals surface area contributed by atoms with Crippen LogP contribution in [0.15, 0.2) is 35.7 Å². The Balaban J connectivity index is 1.84. The van der Waals surface area contributed by atoms with Crippen LogP contribution in [0.25, 0.3) is 0 Å². The van der Waals surface area contributed by atoms with Crippen LogP contribution in [0.5, 0.6) is 0 Å². The number of sulfone groups is 1. The van der Waals surface area contributed by atoms with E-state index in [1.807, 2.05) is 35.7 Å². The number of benzene rings is 1. The Morgan fingerprint density at radius 3 is 2.68 bits per heavy atom. The molecule has 0 saturated heterocycles. The van der Waals surface area contributed by atoms with Gasteiger partial charge in [-0.2, -0.15) is 0 Å². The first-order valence-corrected chi connectivity index (χ1v) is 8.87. The van der Waals surface area contributed by atoms with Gasteiger partial charge in [0.1, 0.15) is 10.8 Å². The van der Waals surface area contributed by atoms with Crippen molar-refractivity contribution in [1.29, 1.82) is 0 Å². The van der Waals surface area contributed by atoms with Gasteiger partial charge in [-0.05, 0) is 12.1 Å². The fourth-order valence-electron chi connectivity index (χ4n) is 1.65. The van der Waals surface area contributed by atoms with Crippen molar-refractivity contribution in [2.45, 2.75) is 12.2 Å². The zero-order valence-electron chi connectivity index (χ0n) is 10.7. The van der Waals surface area contributed by atoms with Crippen molar-refractivity contribution < 1.29 is 8.42 Å². The van der Waals surface area contributed by atoms with Gasteiger partial charge in [-0.1, -0.05) is 18.2 Å². The molecule has 1 heterocycles. The Bertz CT molecular complexity index is 621. The third-order valence-corrected chi connectivity index (χ3v) is 4.35. The summed E-state index contributed by atoms with van der Waals surface area (Å²) >= 11 is 1.40. The maximum absolute atomic E-state index is 11.2. The summed E-state index contributed by atoms with van der Waals surface area (Å²) < 4.78 is 22.3. The van der Waals surface area contributed by atoms with Crippen LogP contribution in [0.2, 0.25) is 0 Å². The first-order chi connectivity index (χ1) is 9.03. The van der Waals surface area contributed by atoms with Gasteiger partial charge in [0.15, 0.2) is 9.84 Å². The molecule has 2 aromatic rings. The van der Waals surface area contributed by atoms with Gasteiger partial charge in [0.2, 0.25) is 0 Å². The molecule has 0 spiro atoms. The van der Waals surface area contributed by atoms with Crippen molar-refractivity contribution in [3.8, 4) is 0 Å². The van der Waals surface area contributed by atoms with Crippen LogP contribution in [0, 0.1) is 0 Å². The van der Waals surface area contributed by atoms with Gasteiger partial charge in [0.25, 0.3) is 0 Å². The van der Waals surface area contributed by atoms with Crippen LogP contribution < -0.4 is 5.32 Å². The summed E-state index contributed by atoms with van der Waals surface area (Å²) in [5, 5.41) is 5.88. The molecule has 0 bridgehead atoms. The van der Waals surface area contributed by atoms with Crippen molar-refractivity contribution >= 4 is 26.9 Å². The molecule has 102 valence electrons. The van der Waals surface area contributed by atoms with Crippen molar-refractivity contribution in [2.75, 3.05) is 18.1 Å². The molecule has 0 unspecified atom stereocenters. The van der Waals surface area contributed by atoms with E-state index >= 15 is 0 Å². The lowest BCUT2D eigenvalue weighted by Crippen LogP contribution is -2.05. The standard InChI is InChI=1S/C13H16N2O2S2/c1-19(16,17)10-13-15-12(9-18-13)7-8-14-11-5-3-2-4-6-11/h2-6,9,14H,7-8,10H2,1H3. The molecule has 0 aliphatic rings. The van der Waals surface area contributed by atoms with E-state index in [0.717, 1.165) is 24.3 Å². The molecule has 1 aromatic carbocycles. The molecule has 2 rings (SSSR count). The largest absolute Gasteiger partial charge is 0.385 e. The lowest BCUT2D eigenvalue weighted by molar-refractivity contribution is 0.601. The second kappa shape index (κ2) is 6.16. The molecule has 6 heteroatoms. The normalized spacial score (nSPS) is 11.4. The zero-order valence-corrected chi connectivity index (χ0v) is 12.3. The van der Waals surface area contributed by atoms with E-state index in [0.29, 0.717) is 5.01 Å². The second-order valence-electron chi connectivity index (χ2n) is 4.35. The number of rotatable bonds is 6. The van der Waals surface area contributed by atoms with Crippen LogP contribution in [0.4, 0.5) is 5.69 Å². The predicted molar refractivity (Wildman–Crippen MR) is 79.3 cm³/mol. The summed E-state index contributed by atoms with van der Waals surface area (Å²) in [7, 11) is -3.00. The van der Waals surface area contributed by atoms with Crippen LogP contribution >= 0.6 is 11.3 Å². The fraction of sp³-hybridized carbons (Fsp3) is 0.308. The highest BCUT2D eigenvalue weighted by molar-refractivity contribution is 7.90. The molecule has 0 fully saturated rings. The van der Waals surface area contributed by atoms with Gasteiger partial charge >= 0.3 is 0 Å². The van der Waals surface area contributed by atoms with E-state index in [4.69, 9.17) is 0 Å². The van der Waals surface area contributed by atoms with Crippen LogP contribution in [0.3, 0.4) is 0 Å². The average Bonchev–Trinajstić information content (AvgIpc) is 2.76. The predicted octanol–water partition coefficient (Wildman–Crippen LogP) is 2.34. The summed E-state index contributed by atoms with van der Waals surface area (Å²) in [6.07, 6.45) is 2.01. The van der Waals surface area contributed by atoms with Crippen molar-refractivity contribution in [1.82, 2.24) is 4.98 Å². The Morgan fingerprint density at radius 1 is 1.26 bits per heavy atom. The number of hydrogen-bond donors (Lipinski definition) is 1. The molecule has 0 aliphatic heterocycles. The monoisotopic (exact) mass is 296 g/mol. The number of nitrogens with zero attached hydrogens (tertiary/aromatic N) is 1. The Morgan fingerprint density at radius 2 is 2.00 bits per heavy atom. The Labute approximate surface area is 117 Å². The van der Waals surface area contributed by atoms with E-state index in [-0.39, 0.29) is 5.75 Å². The highest BCUT2D eigenvalue weighted by atomic mass is 32.2. The first-order valence-electron chi connectivity index (χ1n) is 5.93. The maximum Gasteiger partial charge on any atom is 0.153 e. The summed E-state index contributed by atoms with van der Waals surface area (Å²) in [4.78, 5) is 4.33. The summed E-state index contributed by atoms with van der Waals surface area (Å²) in [6, 6.07) is 9.96. The minimum absolute atomic E-state index is 0.0315. The molecule has 1 aromatic heterocycles. The molecule has 0 aliphatic carbocycles. The van der Waals surface area contributed by atoms with Gasteiger partial charge in [-0.25, -0.2) is 13.4 Å². The van der Waals surface area contributed by atoms with E-state index in [1.165, 1.54) is 17.6 Å². The van der Waals surface area contributed by atoms with Crippen molar-refractivity contribution in [3.63, 3.8) is 0 Å². The van der Waals surface area contributed by atoms with Gasteiger partial charge in [-0.15, -0.1) is 11.3 Å². The number of anilines is 1. The highest BCUT2D eigenvalue weighted by Gasteiger charge is 2.08. The number of aromatic nitrogens is 1. The summed E-state index contributed by atoms with van der Waals surface area (Å²) in [6.45, 7) is 0.784. The molecule has 0 atom stereocenters. The van der Waals surface area contributed by atoms with E-state index < -0.39 is 9.84 Å².